The largest absolute Gasteiger partial charge is 0.396 e. The van der Waals surface area contributed by atoms with Crippen LogP contribution in [0.15, 0.2) is 0 Å². The maximum atomic E-state index is 8.79. The molecular formula is C6H15NO2. The predicted molar refractivity (Wildman–Crippen MR) is 36.0 cm³/mol. The van der Waals surface area contributed by atoms with Crippen molar-refractivity contribution in [2.75, 3.05) is 6.61 Å². The summed E-state index contributed by atoms with van der Waals surface area (Å²) in [4.78, 5) is 0. The molecule has 56 valence electrons. The molecule has 4 N–H and O–H groups in total. The zero-order chi connectivity index (χ0) is 7.28. The lowest BCUT2D eigenvalue weighted by molar-refractivity contribution is 0.166. The average molecular weight is 133 g/mol. The van der Waals surface area contributed by atoms with Crippen LogP contribution in [0.2, 0.25) is 0 Å². The van der Waals surface area contributed by atoms with Gasteiger partial charge in [-0.25, -0.2) is 0 Å². The minimum absolute atomic E-state index is 0.0602. The first-order valence-electron chi connectivity index (χ1n) is 3.21. The lowest BCUT2D eigenvalue weighted by Gasteiger charge is -2.10. The molecule has 0 aromatic heterocycles. The highest BCUT2D eigenvalue weighted by Gasteiger charge is 2.04. The molecule has 0 amide bonds. The van der Waals surface area contributed by atoms with Gasteiger partial charge >= 0.3 is 0 Å². The van der Waals surface area contributed by atoms with Crippen LogP contribution in [0.5, 0.6) is 0 Å². The van der Waals surface area contributed by atoms with Crippen LogP contribution in [-0.2, 0) is 0 Å². The maximum Gasteiger partial charge on any atom is 0.0526 e. The van der Waals surface area contributed by atoms with E-state index in [-0.39, 0.29) is 18.8 Å². The summed E-state index contributed by atoms with van der Waals surface area (Å²) in [5, 5.41) is 17.2. The Hall–Kier alpha value is -0.120. The monoisotopic (exact) mass is 133 g/mol. The Kier molecular flexibility index (Phi) is 4.67. The van der Waals surface area contributed by atoms with Gasteiger partial charge in [0.1, 0.15) is 0 Å². The van der Waals surface area contributed by atoms with E-state index in [2.05, 4.69) is 0 Å². The minimum atomic E-state index is -0.355. The molecule has 0 spiro atoms. The van der Waals surface area contributed by atoms with E-state index in [4.69, 9.17) is 15.9 Å². The minimum Gasteiger partial charge on any atom is -0.396 e. The van der Waals surface area contributed by atoms with E-state index in [0.717, 1.165) is 0 Å². The average Bonchev–Trinajstić information content (AvgIpc) is 1.63. The van der Waals surface area contributed by atoms with Crippen molar-refractivity contribution in [1.29, 1.82) is 0 Å². The molecule has 2 unspecified atom stereocenters. The molecule has 0 fully saturated rings. The molecule has 9 heavy (non-hydrogen) atoms. The van der Waals surface area contributed by atoms with Gasteiger partial charge in [-0.2, -0.15) is 0 Å². The van der Waals surface area contributed by atoms with E-state index >= 15 is 0 Å². The van der Waals surface area contributed by atoms with E-state index in [1.165, 1.54) is 0 Å². The molecule has 0 saturated heterocycles. The van der Waals surface area contributed by atoms with Gasteiger partial charge in [-0.3, -0.25) is 0 Å². The summed E-state index contributed by atoms with van der Waals surface area (Å²) in [6, 6.07) is -0.0602. The van der Waals surface area contributed by atoms with Gasteiger partial charge in [0.2, 0.25) is 0 Å². The van der Waals surface area contributed by atoms with Crippen molar-refractivity contribution in [1.82, 2.24) is 0 Å². The zero-order valence-electron chi connectivity index (χ0n) is 5.75. The standard InChI is InChI=1S/C6H15NO2/c1-5(9)4-6(7)2-3-8/h5-6,8-9H,2-4,7H2,1H3. The number of hydrogen-bond acceptors (Lipinski definition) is 3. The molecule has 3 heteroatoms. The Morgan fingerprint density at radius 3 is 2.44 bits per heavy atom. The molecule has 2 atom stereocenters. The van der Waals surface area contributed by atoms with Crippen LogP contribution in [0.25, 0.3) is 0 Å². The van der Waals surface area contributed by atoms with Gasteiger partial charge in [0.05, 0.1) is 6.10 Å². The molecule has 0 radical (unpaired) electrons. The second-order valence-corrected chi connectivity index (χ2v) is 2.36. The molecule has 0 heterocycles. The van der Waals surface area contributed by atoms with Crippen molar-refractivity contribution in [2.45, 2.75) is 31.9 Å². The van der Waals surface area contributed by atoms with Crippen molar-refractivity contribution < 1.29 is 10.2 Å². The van der Waals surface area contributed by atoms with Crippen molar-refractivity contribution in [3.63, 3.8) is 0 Å². The van der Waals surface area contributed by atoms with Crippen LogP contribution in [0.4, 0.5) is 0 Å². The number of aliphatic hydroxyl groups is 2. The summed E-state index contributed by atoms with van der Waals surface area (Å²) in [6.07, 6.45) is 0.789. The first kappa shape index (κ1) is 8.88. The van der Waals surface area contributed by atoms with Gasteiger partial charge < -0.3 is 15.9 Å². The normalized spacial score (nSPS) is 17.3. The van der Waals surface area contributed by atoms with Crippen molar-refractivity contribution in [3.05, 3.63) is 0 Å². The third-order valence-electron chi connectivity index (χ3n) is 1.14. The van der Waals surface area contributed by atoms with Crippen LogP contribution < -0.4 is 5.73 Å². The molecule has 0 rings (SSSR count). The van der Waals surface area contributed by atoms with Crippen LogP contribution in [0.3, 0.4) is 0 Å². The highest BCUT2D eigenvalue weighted by atomic mass is 16.3. The Morgan fingerprint density at radius 1 is 1.56 bits per heavy atom. The van der Waals surface area contributed by atoms with Crippen molar-refractivity contribution in [2.24, 2.45) is 5.73 Å². The van der Waals surface area contributed by atoms with Gasteiger partial charge in [-0.1, -0.05) is 0 Å². The molecule has 3 nitrogen and oxygen atoms in total. The van der Waals surface area contributed by atoms with Crippen LogP contribution >= 0.6 is 0 Å². The number of aliphatic hydroxyl groups excluding tert-OH is 2. The number of nitrogens with two attached hydrogens (primary N) is 1. The second-order valence-electron chi connectivity index (χ2n) is 2.36. The maximum absolute atomic E-state index is 8.79. The summed E-state index contributed by atoms with van der Waals surface area (Å²) >= 11 is 0. The highest BCUT2D eigenvalue weighted by Crippen LogP contribution is 1.97. The highest BCUT2D eigenvalue weighted by molar-refractivity contribution is 4.63. The SMILES string of the molecule is CC(O)CC(N)CCO. The summed E-state index contributed by atoms with van der Waals surface area (Å²) in [6.45, 7) is 1.80. The fourth-order valence-electron chi connectivity index (χ4n) is 0.722. The Balaban J connectivity index is 3.15. The summed E-state index contributed by atoms with van der Waals surface area (Å²) in [5.41, 5.74) is 5.47. The molecule has 0 bridgehead atoms. The molecule has 0 saturated carbocycles. The lowest BCUT2D eigenvalue weighted by Crippen LogP contribution is -2.25. The van der Waals surface area contributed by atoms with E-state index in [0.29, 0.717) is 12.8 Å². The molecule has 0 aliphatic heterocycles. The Bertz CT molecular complexity index is 66.1. The smallest absolute Gasteiger partial charge is 0.0526 e. The summed E-state index contributed by atoms with van der Waals surface area (Å²) in [5.74, 6) is 0. The van der Waals surface area contributed by atoms with E-state index in [1.807, 2.05) is 0 Å². The molecule has 0 aliphatic carbocycles. The zero-order valence-corrected chi connectivity index (χ0v) is 5.75. The third kappa shape index (κ3) is 5.76. The lowest BCUT2D eigenvalue weighted by atomic mass is 10.1. The quantitative estimate of drug-likeness (QED) is 0.483. The van der Waals surface area contributed by atoms with Crippen LogP contribution in [0, 0.1) is 0 Å². The van der Waals surface area contributed by atoms with E-state index < -0.39 is 0 Å². The molecule has 0 aliphatic rings. The van der Waals surface area contributed by atoms with Gasteiger partial charge in [-0.15, -0.1) is 0 Å². The fourth-order valence-corrected chi connectivity index (χ4v) is 0.722. The van der Waals surface area contributed by atoms with E-state index in [9.17, 15) is 0 Å². The second kappa shape index (κ2) is 4.73. The Morgan fingerprint density at radius 2 is 2.11 bits per heavy atom. The summed E-state index contributed by atoms with van der Waals surface area (Å²) in [7, 11) is 0. The van der Waals surface area contributed by atoms with Crippen LogP contribution in [0.1, 0.15) is 19.8 Å². The van der Waals surface area contributed by atoms with Gasteiger partial charge in [-0.05, 0) is 19.8 Å². The number of hydrogen-bond donors (Lipinski definition) is 3. The topological polar surface area (TPSA) is 66.5 Å². The molecular weight excluding hydrogens is 118 g/mol. The van der Waals surface area contributed by atoms with Crippen molar-refractivity contribution >= 4 is 0 Å². The van der Waals surface area contributed by atoms with Gasteiger partial charge in [0.25, 0.3) is 0 Å². The fraction of sp³-hybridized carbons (Fsp3) is 1.00. The van der Waals surface area contributed by atoms with Crippen molar-refractivity contribution in [3.8, 4) is 0 Å². The third-order valence-corrected chi connectivity index (χ3v) is 1.14. The van der Waals surface area contributed by atoms with E-state index in [1.54, 1.807) is 6.92 Å². The van der Waals surface area contributed by atoms with Gasteiger partial charge in [0.15, 0.2) is 0 Å². The molecule has 0 aromatic carbocycles. The Labute approximate surface area is 55.5 Å². The molecule has 0 aromatic rings. The first-order chi connectivity index (χ1) is 4.16. The number of rotatable bonds is 4. The first-order valence-corrected chi connectivity index (χ1v) is 3.21. The predicted octanol–water partition coefficient (Wildman–Crippen LogP) is -0.533. The van der Waals surface area contributed by atoms with Gasteiger partial charge in [0, 0.05) is 12.6 Å². The summed E-state index contributed by atoms with van der Waals surface area (Å²) < 4.78 is 0. The van der Waals surface area contributed by atoms with Crippen LogP contribution in [-0.4, -0.2) is 29.0 Å².